The van der Waals surface area contributed by atoms with Gasteiger partial charge in [-0.05, 0) is 19.3 Å². The van der Waals surface area contributed by atoms with Crippen molar-refractivity contribution in [2.24, 2.45) is 0 Å². The van der Waals surface area contributed by atoms with Crippen LogP contribution >= 0.6 is 0 Å². The van der Waals surface area contributed by atoms with Gasteiger partial charge in [0.2, 0.25) is 5.91 Å². The van der Waals surface area contributed by atoms with Crippen LogP contribution in [0.3, 0.4) is 0 Å². The molecule has 0 aromatic carbocycles. The highest BCUT2D eigenvalue weighted by Crippen LogP contribution is 2.36. The average molecular weight is 139 g/mol. The highest BCUT2D eigenvalue weighted by Gasteiger charge is 2.49. The van der Waals surface area contributed by atoms with Crippen LogP contribution in [0.4, 0.5) is 0 Å². The molecule has 3 heteroatoms. The molecule has 1 N–H and O–H groups in total. The Morgan fingerprint density at radius 2 is 2.00 bits per heavy atom. The van der Waals surface area contributed by atoms with Crippen molar-refractivity contribution in [3.05, 3.63) is 0 Å². The van der Waals surface area contributed by atoms with Gasteiger partial charge in [0.05, 0.1) is 12.0 Å². The van der Waals surface area contributed by atoms with Crippen molar-refractivity contribution in [2.75, 3.05) is 0 Å². The summed E-state index contributed by atoms with van der Waals surface area (Å²) >= 11 is 0. The van der Waals surface area contributed by atoms with Gasteiger partial charge in [-0.2, -0.15) is 0 Å². The summed E-state index contributed by atoms with van der Waals surface area (Å²) < 4.78 is 0. The van der Waals surface area contributed by atoms with Gasteiger partial charge in [-0.3, -0.25) is 9.59 Å². The van der Waals surface area contributed by atoms with Crippen LogP contribution in [0.2, 0.25) is 0 Å². The molecule has 0 unspecified atom stereocenters. The number of Topliss-reactive ketones (excluding diaryl/α,β-unsaturated/α-hetero) is 1. The Morgan fingerprint density at radius 3 is 2.20 bits per heavy atom. The molecular weight excluding hydrogens is 130 g/mol. The molecule has 0 atom stereocenters. The minimum Gasteiger partial charge on any atom is -0.343 e. The van der Waals surface area contributed by atoms with E-state index >= 15 is 0 Å². The van der Waals surface area contributed by atoms with E-state index in [9.17, 15) is 9.59 Å². The van der Waals surface area contributed by atoms with Gasteiger partial charge in [-0.1, -0.05) is 0 Å². The topological polar surface area (TPSA) is 46.2 Å². The van der Waals surface area contributed by atoms with E-state index in [0.29, 0.717) is 0 Å². The van der Waals surface area contributed by atoms with Gasteiger partial charge >= 0.3 is 0 Å². The van der Waals surface area contributed by atoms with Gasteiger partial charge in [0.25, 0.3) is 0 Å². The number of carbonyl (C=O) groups is 2. The number of hydrogen-bond donors (Lipinski definition) is 1. The monoisotopic (exact) mass is 139 g/mol. The molecule has 1 saturated heterocycles. The van der Waals surface area contributed by atoms with E-state index in [1.807, 2.05) is 0 Å². The van der Waals surface area contributed by atoms with Gasteiger partial charge in [0.15, 0.2) is 5.78 Å². The lowest BCUT2D eigenvalue weighted by Gasteiger charge is -2.35. The van der Waals surface area contributed by atoms with E-state index in [2.05, 4.69) is 5.32 Å². The van der Waals surface area contributed by atoms with Crippen LogP contribution in [0.5, 0.6) is 0 Å². The van der Waals surface area contributed by atoms with Gasteiger partial charge in [-0.15, -0.1) is 0 Å². The molecule has 54 valence electrons. The molecule has 1 amide bonds. The van der Waals surface area contributed by atoms with E-state index in [1.54, 1.807) is 0 Å². The van der Waals surface area contributed by atoms with Crippen molar-refractivity contribution in [3.8, 4) is 0 Å². The molecule has 1 saturated carbocycles. The predicted octanol–water partition coefficient (Wildman–Crippen LogP) is -0.00190. The Hall–Kier alpha value is -0.860. The van der Waals surface area contributed by atoms with E-state index in [4.69, 9.17) is 0 Å². The highest BCUT2D eigenvalue weighted by atomic mass is 16.2. The van der Waals surface area contributed by atoms with Crippen LogP contribution in [0.15, 0.2) is 0 Å². The Kier molecular flexibility index (Phi) is 0.938. The van der Waals surface area contributed by atoms with E-state index in [0.717, 1.165) is 19.3 Å². The second kappa shape index (κ2) is 1.59. The minimum atomic E-state index is -0.392. The SMILES string of the molecule is O=C1CC(=O)C2(CCC2)N1. The lowest BCUT2D eigenvalue weighted by molar-refractivity contribution is -0.125. The van der Waals surface area contributed by atoms with Gasteiger partial charge in [0, 0.05) is 0 Å². The van der Waals surface area contributed by atoms with E-state index in [1.165, 1.54) is 0 Å². The Morgan fingerprint density at radius 1 is 1.30 bits per heavy atom. The van der Waals surface area contributed by atoms with Crippen LogP contribution in [-0.2, 0) is 9.59 Å². The molecule has 10 heavy (non-hydrogen) atoms. The maximum atomic E-state index is 11.1. The van der Waals surface area contributed by atoms with Crippen LogP contribution in [0.1, 0.15) is 25.7 Å². The smallest absolute Gasteiger partial charge is 0.228 e. The van der Waals surface area contributed by atoms with Crippen LogP contribution < -0.4 is 5.32 Å². The number of carbonyl (C=O) groups excluding carboxylic acids is 2. The second-order valence-electron chi connectivity index (χ2n) is 3.08. The first-order valence-corrected chi connectivity index (χ1v) is 3.57. The summed E-state index contributed by atoms with van der Waals surface area (Å²) in [5.74, 6) is 0.00782. The fourth-order valence-corrected chi connectivity index (χ4v) is 1.63. The van der Waals surface area contributed by atoms with Crippen molar-refractivity contribution >= 4 is 11.7 Å². The normalized spacial score (nSPS) is 28.4. The van der Waals surface area contributed by atoms with Crippen molar-refractivity contribution in [3.63, 3.8) is 0 Å². The minimum absolute atomic E-state index is 0.0929. The number of amides is 1. The summed E-state index contributed by atoms with van der Waals surface area (Å²) in [6.07, 6.45) is 2.90. The first-order chi connectivity index (χ1) is 4.73. The summed E-state index contributed by atoms with van der Waals surface area (Å²) in [6, 6.07) is 0. The first kappa shape index (κ1) is 5.89. The average Bonchev–Trinajstić information content (AvgIpc) is 2.04. The Balaban J connectivity index is 2.23. The van der Waals surface area contributed by atoms with Crippen LogP contribution in [-0.4, -0.2) is 17.2 Å². The molecule has 2 aliphatic rings. The molecule has 0 aromatic heterocycles. The summed E-state index contributed by atoms with van der Waals surface area (Å²) in [6.45, 7) is 0. The molecule has 1 heterocycles. The zero-order chi connectivity index (χ0) is 7.19. The van der Waals surface area contributed by atoms with Crippen molar-refractivity contribution in [1.82, 2.24) is 5.32 Å². The molecule has 2 fully saturated rings. The lowest BCUT2D eigenvalue weighted by Crippen LogP contribution is -2.52. The van der Waals surface area contributed by atoms with Crippen molar-refractivity contribution < 1.29 is 9.59 Å². The zero-order valence-electron chi connectivity index (χ0n) is 5.64. The van der Waals surface area contributed by atoms with Gasteiger partial charge in [-0.25, -0.2) is 0 Å². The fraction of sp³-hybridized carbons (Fsp3) is 0.714. The molecule has 0 bridgehead atoms. The predicted molar refractivity (Wildman–Crippen MR) is 34.3 cm³/mol. The third-order valence-corrected chi connectivity index (χ3v) is 2.44. The third kappa shape index (κ3) is 0.549. The molecule has 2 rings (SSSR count). The third-order valence-electron chi connectivity index (χ3n) is 2.44. The first-order valence-electron chi connectivity index (χ1n) is 3.57. The van der Waals surface area contributed by atoms with Crippen LogP contribution in [0, 0.1) is 0 Å². The van der Waals surface area contributed by atoms with E-state index in [-0.39, 0.29) is 18.1 Å². The maximum Gasteiger partial charge on any atom is 0.228 e. The summed E-state index contributed by atoms with van der Waals surface area (Å²) in [4.78, 5) is 21.8. The number of rotatable bonds is 0. The molecule has 0 radical (unpaired) electrons. The maximum absolute atomic E-state index is 11.1. The van der Waals surface area contributed by atoms with Gasteiger partial charge < -0.3 is 5.32 Å². The number of hydrogen-bond acceptors (Lipinski definition) is 2. The number of ketones is 1. The summed E-state index contributed by atoms with van der Waals surface area (Å²) in [5.41, 5.74) is -0.392. The fourth-order valence-electron chi connectivity index (χ4n) is 1.63. The second-order valence-corrected chi connectivity index (χ2v) is 3.08. The zero-order valence-corrected chi connectivity index (χ0v) is 5.64. The largest absolute Gasteiger partial charge is 0.343 e. The molecular formula is C7H9NO2. The molecule has 1 aliphatic heterocycles. The Bertz CT molecular complexity index is 206. The molecule has 0 aromatic rings. The lowest BCUT2D eigenvalue weighted by atomic mass is 9.75. The van der Waals surface area contributed by atoms with E-state index < -0.39 is 5.54 Å². The van der Waals surface area contributed by atoms with Crippen molar-refractivity contribution in [2.45, 2.75) is 31.2 Å². The Labute approximate surface area is 58.8 Å². The van der Waals surface area contributed by atoms with Crippen molar-refractivity contribution in [1.29, 1.82) is 0 Å². The van der Waals surface area contributed by atoms with Gasteiger partial charge in [0.1, 0.15) is 0 Å². The highest BCUT2D eigenvalue weighted by molar-refractivity contribution is 6.10. The quantitative estimate of drug-likeness (QED) is 0.480. The molecule has 1 aliphatic carbocycles. The molecule has 1 spiro atoms. The summed E-state index contributed by atoms with van der Waals surface area (Å²) in [5, 5.41) is 2.73. The van der Waals surface area contributed by atoms with Crippen LogP contribution in [0.25, 0.3) is 0 Å². The summed E-state index contributed by atoms with van der Waals surface area (Å²) in [7, 11) is 0. The molecule has 3 nitrogen and oxygen atoms in total. The standard InChI is InChI=1S/C7H9NO2/c9-5-4-6(10)8-7(5)2-1-3-7/h1-4H2,(H,8,10). The number of nitrogens with one attached hydrogen (secondary N) is 1.